The topological polar surface area (TPSA) is 68.3 Å². The Balaban J connectivity index is 2.12. The molecule has 0 aliphatic heterocycles. The van der Waals surface area contributed by atoms with Gasteiger partial charge in [-0.2, -0.15) is 4.31 Å². The Labute approximate surface area is 148 Å². The van der Waals surface area contributed by atoms with Gasteiger partial charge in [0.1, 0.15) is 4.90 Å². The van der Waals surface area contributed by atoms with Gasteiger partial charge in [0.15, 0.2) is 0 Å². The normalized spacial score (nSPS) is 12.2. The van der Waals surface area contributed by atoms with Crippen LogP contribution in [-0.2, 0) is 23.6 Å². The van der Waals surface area contributed by atoms with E-state index in [4.69, 9.17) is 5.73 Å². The summed E-state index contributed by atoms with van der Waals surface area (Å²) in [5, 5.41) is 0.748. The van der Waals surface area contributed by atoms with E-state index < -0.39 is 10.0 Å². The van der Waals surface area contributed by atoms with Gasteiger partial charge in [0.2, 0.25) is 10.0 Å². The number of nitrogens with two attached hydrogens (primary N) is 1. The smallest absolute Gasteiger partial charge is 0.245 e. The highest BCUT2D eigenvalue weighted by atomic mass is 32.2. The maximum atomic E-state index is 13.4. The van der Waals surface area contributed by atoms with Crippen molar-refractivity contribution in [2.24, 2.45) is 12.8 Å². The molecule has 0 saturated heterocycles. The number of hydrogen-bond acceptors (Lipinski definition) is 3. The Morgan fingerprint density at radius 3 is 2.36 bits per heavy atom. The summed E-state index contributed by atoms with van der Waals surface area (Å²) in [7, 11) is -1.78. The maximum absolute atomic E-state index is 13.4. The lowest BCUT2D eigenvalue weighted by molar-refractivity contribution is 0.414. The van der Waals surface area contributed by atoms with Gasteiger partial charge in [-0.15, -0.1) is 0 Å². The summed E-state index contributed by atoms with van der Waals surface area (Å²) in [6, 6.07) is 17.2. The minimum atomic E-state index is -3.67. The van der Waals surface area contributed by atoms with E-state index in [2.05, 4.69) is 0 Å². The number of benzene rings is 2. The standard InChI is InChI=1S/C19H23N3O2S/c1-15-19(17-10-6-7-11-18(17)21(15)2)25(23,24)22(13-12-20)14-16-8-4-3-5-9-16/h3-11H,12-14,20H2,1-2H3. The molecule has 0 amide bonds. The van der Waals surface area contributed by atoms with Crippen LogP contribution in [0.25, 0.3) is 10.9 Å². The summed E-state index contributed by atoms with van der Waals surface area (Å²) in [4.78, 5) is 0.370. The van der Waals surface area contributed by atoms with Gasteiger partial charge >= 0.3 is 0 Å². The van der Waals surface area contributed by atoms with Crippen LogP contribution >= 0.6 is 0 Å². The minimum absolute atomic E-state index is 0.274. The van der Waals surface area contributed by atoms with Gasteiger partial charge in [-0.25, -0.2) is 8.42 Å². The fourth-order valence-corrected chi connectivity index (χ4v) is 5.04. The molecule has 5 nitrogen and oxygen atoms in total. The maximum Gasteiger partial charge on any atom is 0.245 e. The number of sulfonamides is 1. The molecule has 3 aromatic rings. The van der Waals surface area contributed by atoms with Gasteiger partial charge in [0.05, 0.1) is 0 Å². The van der Waals surface area contributed by atoms with Gasteiger partial charge < -0.3 is 10.3 Å². The van der Waals surface area contributed by atoms with Crippen molar-refractivity contribution >= 4 is 20.9 Å². The summed E-state index contributed by atoms with van der Waals surface area (Å²) >= 11 is 0. The van der Waals surface area contributed by atoms with Crippen molar-refractivity contribution in [3.63, 3.8) is 0 Å². The zero-order valence-electron chi connectivity index (χ0n) is 14.5. The second-order valence-corrected chi connectivity index (χ2v) is 7.98. The predicted molar refractivity (Wildman–Crippen MR) is 101 cm³/mol. The molecule has 3 rings (SSSR count). The Bertz CT molecular complexity index is 979. The summed E-state index contributed by atoms with van der Waals surface area (Å²) in [6.07, 6.45) is 0. The SMILES string of the molecule is Cc1c(S(=O)(=O)N(CCN)Cc2ccccc2)c2ccccc2n1C. The molecule has 132 valence electrons. The largest absolute Gasteiger partial charge is 0.347 e. The van der Waals surface area contributed by atoms with Gasteiger partial charge in [-0.1, -0.05) is 48.5 Å². The molecule has 0 atom stereocenters. The molecule has 6 heteroatoms. The van der Waals surface area contributed by atoms with Crippen molar-refractivity contribution in [1.29, 1.82) is 0 Å². The number of aryl methyl sites for hydroxylation is 1. The van der Waals surface area contributed by atoms with Crippen LogP contribution in [0.3, 0.4) is 0 Å². The minimum Gasteiger partial charge on any atom is -0.347 e. The molecule has 25 heavy (non-hydrogen) atoms. The van der Waals surface area contributed by atoms with Crippen LogP contribution in [0.15, 0.2) is 59.5 Å². The lowest BCUT2D eigenvalue weighted by atomic mass is 10.2. The highest BCUT2D eigenvalue weighted by Crippen LogP contribution is 2.31. The summed E-state index contributed by atoms with van der Waals surface area (Å²) in [5.74, 6) is 0. The lowest BCUT2D eigenvalue weighted by Gasteiger charge is -2.22. The van der Waals surface area contributed by atoms with E-state index in [9.17, 15) is 8.42 Å². The van der Waals surface area contributed by atoms with Crippen LogP contribution < -0.4 is 5.73 Å². The molecule has 0 aliphatic carbocycles. The van der Waals surface area contributed by atoms with Crippen molar-refractivity contribution in [1.82, 2.24) is 8.87 Å². The molecular formula is C19H23N3O2S. The van der Waals surface area contributed by atoms with Crippen LogP contribution in [0.2, 0.25) is 0 Å². The average molecular weight is 357 g/mol. The van der Waals surface area contributed by atoms with E-state index in [0.29, 0.717) is 11.4 Å². The second-order valence-electron chi connectivity index (χ2n) is 6.10. The molecule has 0 radical (unpaired) electrons. The molecule has 0 fully saturated rings. The quantitative estimate of drug-likeness (QED) is 0.737. The van der Waals surface area contributed by atoms with Crippen molar-refractivity contribution in [3.8, 4) is 0 Å². The third-order valence-electron chi connectivity index (χ3n) is 4.52. The fourth-order valence-electron chi connectivity index (χ4n) is 3.16. The molecule has 2 N–H and O–H groups in total. The zero-order valence-corrected chi connectivity index (χ0v) is 15.3. The first-order valence-electron chi connectivity index (χ1n) is 8.25. The number of aromatic nitrogens is 1. The Kier molecular flexibility index (Phi) is 4.94. The summed E-state index contributed by atoms with van der Waals surface area (Å²) in [5.41, 5.74) is 8.29. The zero-order chi connectivity index (χ0) is 18.0. The van der Waals surface area contributed by atoms with Gasteiger partial charge in [-0.05, 0) is 18.6 Å². The van der Waals surface area contributed by atoms with Crippen LogP contribution in [-0.4, -0.2) is 30.4 Å². The molecule has 0 bridgehead atoms. The number of hydrogen-bond donors (Lipinski definition) is 1. The van der Waals surface area contributed by atoms with Crippen LogP contribution in [0.5, 0.6) is 0 Å². The third-order valence-corrected chi connectivity index (χ3v) is 6.54. The van der Waals surface area contributed by atoms with Crippen molar-refractivity contribution in [3.05, 3.63) is 65.9 Å². The Morgan fingerprint density at radius 1 is 1.04 bits per heavy atom. The van der Waals surface area contributed by atoms with E-state index >= 15 is 0 Å². The van der Waals surface area contributed by atoms with E-state index in [1.54, 1.807) is 0 Å². The van der Waals surface area contributed by atoms with Crippen LogP contribution in [0.1, 0.15) is 11.3 Å². The third kappa shape index (κ3) is 3.20. The highest BCUT2D eigenvalue weighted by molar-refractivity contribution is 7.89. The first-order chi connectivity index (χ1) is 12.0. The average Bonchev–Trinajstić information content (AvgIpc) is 2.87. The van der Waals surface area contributed by atoms with E-state index in [1.807, 2.05) is 73.1 Å². The molecule has 1 heterocycles. The van der Waals surface area contributed by atoms with Crippen molar-refractivity contribution in [2.45, 2.75) is 18.4 Å². The van der Waals surface area contributed by atoms with Crippen molar-refractivity contribution < 1.29 is 8.42 Å². The van der Waals surface area contributed by atoms with E-state index in [1.165, 1.54) is 4.31 Å². The molecule has 2 aromatic carbocycles. The summed E-state index contributed by atoms with van der Waals surface area (Å²) in [6.45, 7) is 2.70. The monoisotopic (exact) mass is 357 g/mol. The predicted octanol–water partition coefficient (Wildman–Crippen LogP) is 2.64. The first kappa shape index (κ1) is 17.7. The van der Waals surface area contributed by atoms with Gasteiger partial charge in [0, 0.05) is 43.3 Å². The number of nitrogens with zero attached hydrogens (tertiary/aromatic N) is 2. The molecule has 1 aromatic heterocycles. The summed E-state index contributed by atoms with van der Waals surface area (Å²) < 4.78 is 30.3. The molecule has 0 unspecified atom stereocenters. The molecule has 0 saturated carbocycles. The van der Waals surface area contributed by atoms with Crippen LogP contribution in [0.4, 0.5) is 0 Å². The van der Waals surface area contributed by atoms with Gasteiger partial charge in [-0.3, -0.25) is 0 Å². The van der Waals surface area contributed by atoms with E-state index in [0.717, 1.165) is 22.2 Å². The fraction of sp³-hybridized carbons (Fsp3) is 0.263. The number of rotatable bonds is 6. The lowest BCUT2D eigenvalue weighted by Crippen LogP contribution is -2.35. The second kappa shape index (κ2) is 7.00. The van der Waals surface area contributed by atoms with E-state index in [-0.39, 0.29) is 13.1 Å². The van der Waals surface area contributed by atoms with Crippen molar-refractivity contribution in [2.75, 3.05) is 13.1 Å². The van der Waals surface area contributed by atoms with Gasteiger partial charge in [0.25, 0.3) is 0 Å². The molecule has 0 aliphatic rings. The Morgan fingerprint density at radius 2 is 1.68 bits per heavy atom. The Hall–Kier alpha value is -2.15. The first-order valence-corrected chi connectivity index (χ1v) is 9.69. The highest BCUT2D eigenvalue weighted by Gasteiger charge is 2.30. The molecule has 0 spiro atoms. The van der Waals surface area contributed by atoms with Crippen LogP contribution in [0, 0.1) is 6.92 Å². The molecular weight excluding hydrogens is 334 g/mol. The number of para-hydroxylation sites is 1. The number of fused-ring (bicyclic) bond motifs is 1.